The summed E-state index contributed by atoms with van der Waals surface area (Å²) in [5.41, 5.74) is 1.08. The number of likely N-dealkylation sites (tertiary alicyclic amines) is 1. The number of aliphatic hydroxyl groups excluding tert-OH is 1. The molecule has 48 heavy (non-hydrogen) atoms. The molecular formula is C39H51N3O6. The average Bonchev–Trinajstić information content (AvgIpc) is 3.67. The number of aliphatic hydroxyl groups is 1. The van der Waals surface area contributed by atoms with Crippen molar-refractivity contribution in [2.75, 3.05) is 36.1 Å². The first-order valence-electron chi connectivity index (χ1n) is 17.2. The fraction of sp³-hybridized carbons (Fsp3) is 0.513. The summed E-state index contributed by atoms with van der Waals surface area (Å²) in [7, 11) is 0. The van der Waals surface area contributed by atoms with Crippen molar-refractivity contribution in [1.82, 2.24) is 4.90 Å². The lowest BCUT2D eigenvalue weighted by Crippen LogP contribution is -2.60. The molecule has 5 rings (SSSR count). The van der Waals surface area contributed by atoms with E-state index in [1.54, 1.807) is 26.9 Å². The topological polar surface area (TPSA) is 99.6 Å². The summed E-state index contributed by atoms with van der Waals surface area (Å²) < 4.78 is 12.7. The van der Waals surface area contributed by atoms with Crippen LogP contribution in [-0.4, -0.2) is 77.3 Å². The van der Waals surface area contributed by atoms with Crippen molar-refractivity contribution in [3.8, 4) is 5.75 Å². The van der Waals surface area contributed by atoms with Crippen LogP contribution in [0.2, 0.25) is 0 Å². The molecule has 9 nitrogen and oxygen atoms in total. The Balaban J connectivity index is 1.66. The Bertz CT molecular complexity index is 1530. The van der Waals surface area contributed by atoms with Crippen LogP contribution in [0.15, 0.2) is 67.8 Å². The minimum atomic E-state index is -1.25. The number of hydrogen-bond donors (Lipinski definition) is 1. The molecule has 3 aliphatic rings. The fourth-order valence-corrected chi connectivity index (χ4v) is 8.60. The van der Waals surface area contributed by atoms with Gasteiger partial charge >= 0.3 is 0 Å². The van der Waals surface area contributed by atoms with Gasteiger partial charge in [-0.15, -0.1) is 13.2 Å². The van der Waals surface area contributed by atoms with Crippen LogP contribution in [-0.2, 0) is 19.1 Å². The van der Waals surface area contributed by atoms with Gasteiger partial charge in [-0.2, -0.15) is 0 Å². The van der Waals surface area contributed by atoms with Crippen LogP contribution in [0.4, 0.5) is 11.4 Å². The van der Waals surface area contributed by atoms with Gasteiger partial charge in [0.15, 0.2) is 0 Å². The lowest BCUT2D eigenvalue weighted by Gasteiger charge is -2.41. The molecule has 2 aromatic rings. The number of aryl methyl sites for hydroxylation is 2. The third kappa shape index (κ3) is 5.54. The van der Waals surface area contributed by atoms with Gasteiger partial charge in [-0.3, -0.25) is 14.4 Å². The third-order valence-electron chi connectivity index (χ3n) is 10.8. The number of carbonyl (C=O) groups excluding carboxylic acids is 3. The van der Waals surface area contributed by atoms with E-state index in [0.29, 0.717) is 37.3 Å². The summed E-state index contributed by atoms with van der Waals surface area (Å²) in [6.45, 7) is 20.2. The predicted octanol–water partition coefficient (Wildman–Crippen LogP) is 5.61. The van der Waals surface area contributed by atoms with Crippen LogP contribution in [0.25, 0.3) is 0 Å². The number of benzene rings is 2. The van der Waals surface area contributed by atoms with Crippen LogP contribution >= 0.6 is 0 Å². The summed E-state index contributed by atoms with van der Waals surface area (Å²) in [4.78, 5) is 50.0. The molecule has 2 unspecified atom stereocenters. The molecular weight excluding hydrogens is 606 g/mol. The first kappa shape index (κ1) is 35.4. The highest BCUT2D eigenvalue weighted by Crippen LogP contribution is 2.65. The zero-order valence-electron chi connectivity index (χ0n) is 29.3. The first-order valence-corrected chi connectivity index (χ1v) is 17.2. The van der Waals surface area contributed by atoms with Gasteiger partial charge in [0.1, 0.15) is 17.4 Å². The molecule has 258 valence electrons. The van der Waals surface area contributed by atoms with Gasteiger partial charge in [-0.25, -0.2) is 0 Å². The average molecular weight is 658 g/mol. The van der Waals surface area contributed by atoms with Gasteiger partial charge in [0.2, 0.25) is 11.8 Å². The van der Waals surface area contributed by atoms with E-state index in [-0.39, 0.29) is 43.3 Å². The van der Waals surface area contributed by atoms with Crippen LogP contribution < -0.4 is 14.5 Å². The maximum Gasteiger partial charge on any atom is 0.253 e. The fourth-order valence-electron chi connectivity index (χ4n) is 8.60. The van der Waals surface area contributed by atoms with Crippen LogP contribution in [0, 0.1) is 31.6 Å². The second kappa shape index (κ2) is 13.9. The summed E-state index contributed by atoms with van der Waals surface area (Å²) in [6, 6.07) is 11.5. The Morgan fingerprint density at radius 2 is 1.65 bits per heavy atom. The van der Waals surface area contributed by atoms with E-state index in [1.165, 1.54) is 0 Å². The van der Waals surface area contributed by atoms with Crippen molar-refractivity contribution in [1.29, 1.82) is 0 Å². The maximum atomic E-state index is 15.2. The number of anilines is 2. The highest BCUT2D eigenvalue weighted by atomic mass is 16.5. The Labute approximate surface area is 285 Å². The lowest BCUT2D eigenvalue weighted by atomic mass is 9.64. The lowest BCUT2D eigenvalue weighted by molar-refractivity contribution is -0.150. The Morgan fingerprint density at radius 1 is 1.02 bits per heavy atom. The summed E-state index contributed by atoms with van der Waals surface area (Å²) in [5.74, 6) is -2.06. The van der Waals surface area contributed by atoms with Crippen molar-refractivity contribution in [2.24, 2.45) is 17.8 Å². The van der Waals surface area contributed by atoms with Crippen molar-refractivity contribution >= 4 is 29.1 Å². The molecule has 6 atom stereocenters. The van der Waals surface area contributed by atoms with Crippen LogP contribution in [0.1, 0.15) is 58.1 Å². The quantitative estimate of drug-likeness (QED) is 0.265. The predicted molar refractivity (Wildman–Crippen MR) is 188 cm³/mol. The number of nitrogens with zero attached hydrogens (tertiary/aromatic N) is 3. The van der Waals surface area contributed by atoms with E-state index in [9.17, 15) is 14.7 Å². The van der Waals surface area contributed by atoms with Crippen molar-refractivity contribution in [2.45, 2.75) is 84.1 Å². The number of fused-ring (bicyclic) bond motifs is 1. The van der Waals surface area contributed by atoms with Gasteiger partial charge in [0, 0.05) is 24.5 Å². The number of para-hydroxylation sites is 1. The molecule has 3 amide bonds. The van der Waals surface area contributed by atoms with Gasteiger partial charge in [-0.1, -0.05) is 51.1 Å². The molecule has 0 aliphatic carbocycles. The monoisotopic (exact) mass is 657 g/mol. The minimum Gasteiger partial charge on any atom is -0.494 e. The van der Waals surface area contributed by atoms with E-state index >= 15 is 4.79 Å². The molecule has 9 heteroatoms. The Morgan fingerprint density at radius 3 is 2.19 bits per heavy atom. The van der Waals surface area contributed by atoms with Gasteiger partial charge in [0.05, 0.1) is 36.7 Å². The van der Waals surface area contributed by atoms with E-state index < -0.39 is 35.1 Å². The molecule has 0 saturated carbocycles. The van der Waals surface area contributed by atoms with E-state index in [0.717, 1.165) is 16.8 Å². The molecule has 0 radical (unpaired) electrons. The summed E-state index contributed by atoms with van der Waals surface area (Å²) in [5, 5.41) is 10.7. The molecule has 0 aromatic heterocycles. The second-order valence-electron chi connectivity index (χ2n) is 13.7. The second-order valence-corrected chi connectivity index (χ2v) is 13.7. The Hall–Kier alpha value is -3.95. The van der Waals surface area contributed by atoms with E-state index in [1.807, 2.05) is 84.0 Å². The molecule has 2 aromatic carbocycles. The number of rotatable bonds is 14. The van der Waals surface area contributed by atoms with E-state index in [4.69, 9.17) is 9.47 Å². The normalized spacial score (nSPS) is 26.4. The van der Waals surface area contributed by atoms with Crippen LogP contribution in [0.3, 0.4) is 0 Å². The molecule has 3 aliphatic heterocycles. The molecule has 3 heterocycles. The molecule has 1 spiro atoms. The molecule has 3 fully saturated rings. The number of amides is 3. The largest absolute Gasteiger partial charge is 0.494 e. The van der Waals surface area contributed by atoms with Crippen molar-refractivity contribution in [3.05, 3.63) is 78.9 Å². The SMILES string of the molecule is C=CCN(C(=O)[C@@H]1[C@H]2C(=O)N([C@@H](CO)C(C)C)C(C(=O)N(CC=C)c3c(C)cccc3C)C23CC[C@@]1(CC)O3)c1ccc(OCC)cc1. The third-order valence-corrected chi connectivity index (χ3v) is 10.8. The van der Waals surface area contributed by atoms with Gasteiger partial charge < -0.3 is 29.3 Å². The molecule has 1 N–H and O–H groups in total. The zero-order valence-corrected chi connectivity index (χ0v) is 29.3. The summed E-state index contributed by atoms with van der Waals surface area (Å²) >= 11 is 0. The van der Waals surface area contributed by atoms with Gasteiger partial charge in [-0.05, 0) is 81.3 Å². The summed E-state index contributed by atoms with van der Waals surface area (Å²) in [6.07, 6.45) is 4.83. The highest BCUT2D eigenvalue weighted by Gasteiger charge is 2.79. The van der Waals surface area contributed by atoms with Crippen LogP contribution in [0.5, 0.6) is 5.75 Å². The number of carbonyl (C=O) groups is 3. The zero-order chi connectivity index (χ0) is 35.0. The van der Waals surface area contributed by atoms with Crippen molar-refractivity contribution < 1.29 is 29.0 Å². The van der Waals surface area contributed by atoms with Gasteiger partial charge in [0.25, 0.3) is 5.91 Å². The maximum absolute atomic E-state index is 15.2. The molecule has 3 saturated heterocycles. The smallest absolute Gasteiger partial charge is 0.253 e. The van der Waals surface area contributed by atoms with E-state index in [2.05, 4.69) is 13.2 Å². The number of hydrogen-bond acceptors (Lipinski definition) is 6. The van der Waals surface area contributed by atoms with Crippen molar-refractivity contribution in [3.63, 3.8) is 0 Å². The first-order chi connectivity index (χ1) is 23.0. The number of ether oxygens (including phenoxy) is 2. The standard InChI is InChI=1S/C39H51N3O6/c1-9-22-40(28-16-18-29(19-17-28)47-12-4)35(44)31-32-36(45)42(30(24-43)25(5)6)34(39(32)21-20-38(31,11-3)48-39)37(46)41(23-10-2)33-26(7)14-13-15-27(33)8/h9-10,13-19,25,30-32,34,43H,1-2,11-12,20-24H2,3-8H3/t30-,31-,32-,34?,38+,39?/m0/s1. The highest BCUT2D eigenvalue weighted by molar-refractivity contribution is 6.07. The Kier molecular flexibility index (Phi) is 10.2. The minimum absolute atomic E-state index is 0.162. The molecule has 2 bridgehead atoms.